The number of aromatic amines is 1. The zero-order chi connectivity index (χ0) is 30.2. The minimum Gasteiger partial charge on any atom is -0.364 e. The van der Waals surface area contributed by atoms with Gasteiger partial charge in [0.1, 0.15) is 18.1 Å². The summed E-state index contributed by atoms with van der Waals surface area (Å²) in [7, 11) is -1.25. The summed E-state index contributed by atoms with van der Waals surface area (Å²) in [6.07, 6.45) is 4.40. The van der Waals surface area contributed by atoms with E-state index in [9.17, 15) is 9.59 Å². The molecule has 0 fully saturated rings. The molecular weight excluding hydrogens is 534 g/mol. The average molecular weight is 578 g/mol. The van der Waals surface area contributed by atoms with Gasteiger partial charge in [-0.2, -0.15) is 5.10 Å². The largest absolute Gasteiger partial charge is 0.364 e. The van der Waals surface area contributed by atoms with E-state index in [-0.39, 0.29) is 12.6 Å². The number of ether oxygens (including phenoxy) is 1. The van der Waals surface area contributed by atoms with Gasteiger partial charge in [0.2, 0.25) is 5.95 Å². The molecule has 0 aliphatic carbocycles. The number of aromatic nitrogens is 5. The first-order chi connectivity index (χ1) is 19.5. The van der Waals surface area contributed by atoms with Crippen LogP contribution in [0.2, 0.25) is 25.7 Å². The van der Waals surface area contributed by atoms with Crippen molar-refractivity contribution in [3.05, 3.63) is 71.8 Å². The minimum atomic E-state index is -1.25. The summed E-state index contributed by atoms with van der Waals surface area (Å²) in [6, 6.07) is 12.2. The molecule has 4 rings (SSSR count). The van der Waals surface area contributed by atoms with E-state index in [4.69, 9.17) is 15.5 Å². The van der Waals surface area contributed by atoms with Crippen LogP contribution in [-0.4, -0.2) is 57.5 Å². The number of fused-ring (bicyclic) bond motifs is 1. The number of hydrogen-bond acceptors (Lipinski definition) is 5. The minimum absolute atomic E-state index is 0.147. The Balaban J connectivity index is 0.000000496. The maximum absolute atomic E-state index is 13.8. The number of nitrogens with two attached hydrogens (primary N) is 1. The monoisotopic (exact) mass is 577 g/mol. The fraction of sp³-hybridized carbons (Fsp3) is 0.400. The molecule has 1 aromatic carbocycles. The van der Waals surface area contributed by atoms with Crippen molar-refractivity contribution in [2.24, 2.45) is 5.73 Å². The molecule has 0 radical (unpaired) electrons. The number of rotatable bonds is 12. The van der Waals surface area contributed by atoms with Gasteiger partial charge in [0, 0.05) is 34.0 Å². The van der Waals surface area contributed by atoms with Crippen molar-refractivity contribution in [2.75, 3.05) is 18.2 Å². The summed E-state index contributed by atoms with van der Waals surface area (Å²) in [5.74, 6) is 0.0222. The fourth-order valence-corrected chi connectivity index (χ4v) is 5.09. The summed E-state index contributed by atoms with van der Waals surface area (Å²) in [4.78, 5) is 33.3. The van der Waals surface area contributed by atoms with Gasteiger partial charge in [-0.05, 0) is 56.1 Å². The number of nitrogens with one attached hydrogen (secondary N) is 1. The summed E-state index contributed by atoms with van der Waals surface area (Å²) in [5, 5.41) is 4.48. The van der Waals surface area contributed by atoms with Crippen molar-refractivity contribution >= 4 is 42.9 Å². The van der Waals surface area contributed by atoms with Gasteiger partial charge in [0.15, 0.2) is 0 Å². The van der Waals surface area contributed by atoms with Crippen molar-refractivity contribution < 1.29 is 14.3 Å². The number of para-hydroxylation sites is 1. The Morgan fingerprint density at radius 3 is 2.51 bits per heavy atom. The van der Waals surface area contributed by atoms with Crippen molar-refractivity contribution in [3.63, 3.8) is 0 Å². The molecule has 3 N–H and O–H groups in total. The molecule has 4 aromatic rings. The predicted octanol–water partition coefficient (Wildman–Crippen LogP) is 5.69. The second kappa shape index (κ2) is 14.1. The number of benzene rings is 1. The SMILES string of the molecule is C=Cc1cccc2nc(N(COCC[Si](C)(C)C)C(=O)c3cc(C)nn3CC)n(CCC)c12.NC(=O)c1ccc[nH]1. The first-order valence-electron chi connectivity index (χ1n) is 14.0. The lowest BCUT2D eigenvalue weighted by molar-refractivity contribution is 0.0884. The van der Waals surface area contributed by atoms with E-state index in [0.29, 0.717) is 30.5 Å². The fourth-order valence-electron chi connectivity index (χ4n) is 4.33. The number of primary amides is 1. The second-order valence-electron chi connectivity index (χ2n) is 11.0. The molecule has 0 atom stereocenters. The van der Waals surface area contributed by atoms with Crippen molar-refractivity contribution in [3.8, 4) is 0 Å². The standard InChI is InChI=1S/C25H37N5O2Si.C5H6N2O/c1-8-14-28-23-20(9-2)12-11-13-21(23)26-25(28)29(18-32-15-16-33(5,6)7)24(31)22-17-19(4)27-30(22)10-3;6-5(8)4-2-1-3-7-4/h9,11-13,17H,2,8,10,14-16,18H2,1,3-7H3;1-3,7H,(H2,6,8). The van der Waals surface area contributed by atoms with Gasteiger partial charge in [-0.25, -0.2) is 4.98 Å². The topological polar surface area (TPSA) is 124 Å². The smallest absolute Gasteiger partial charge is 0.280 e. The van der Waals surface area contributed by atoms with Crippen molar-refractivity contribution in [2.45, 2.75) is 66.0 Å². The molecule has 0 bridgehead atoms. The molecule has 0 aliphatic heterocycles. The Morgan fingerprint density at radius 2 is 1.95 bits per heavy atom. The highest BCUT2D eigenvalue weighted by Gasteiger charge is 2.28. The van der Waals surface area contributed by atoms with Gasteiger partial charge < -0.3 is 20.0 Å². The Bertz CT molecular complexity index is 1470. The summed E-state index contributed by atoms with van der Waals surface area (Å²) in [5.41, 5.74) is 9.53. The molecule has 0 saturated heterocycles. The summed E-state index contributed by atoms with van der Waals surface area (Å²) >= 11 is 0. The third-order valence-corrected chi connectivity index (χ3v) is 8.14. The highest BCUT2D eigenvalue weighted by molar-refractivity contribution is 6.76. The summed E-state index contributed by atoms with van der Waals surface area (Å²) < 4.78 is 9.93. The number of H-pyrrole nitrogens is 1. The van der Waals surface area contributed by atoms with Crippen LogP contribution in [0.1, 0.15) is 52.5 Å². The van der Waals surface area contributed by atoms with E-state index >= 15 is 0 Å². The number of carbonyl (C=O) groups is 2. The lowest BCUT2D eigenvalue weighted by Gasteiger charge is -2.24. The number of hydrogen-bond donors (Lipinski definition) is 2. The molecule has 0 aliphatic rings. The van der Waals surface area contributed by atoms with E-state index in [1.54, 1.807) is 27.9 Å². The van der Waals surface area contributed by atoms with Crippen LogP contribution in [-0.2, 0) is 17.8 Å². The van der Waals surface area contributed by atoms with E-state index < -0.39 is 14.0 Å². The first-order valence-corrected chi connectivity index (χ1v) is 17.7. The van der Waals surface area contributed by atoms with Crippen LogP contribution in [0.15, 0.2) is 49.2 Å². The molecule has 10 nitrogen and oxygen atoms in total. The van der Waals surface area contributed by atoms with Gasteiger partial charge in [0.05, 0.1) is 16.7 Å². The molecule has 220 valence electrons. The Hall–Kier alpha value is -3.96. The molecule has 0 saturated carbocycles. The van der Waals surface area contributed by atoms with Crippen LogP contribution in [0.25, 0.3) is 17.1 Å². The van der Waals surface area contributed by atoms with Gasteiger partial charge in [-0.1, -0.05) is 51.4 Å². The zero-order valence-electron chi connectivity index (χ0n) is 25.1. The van der Waals surface area contributed by atoms with Crippen LogP contribution in [0, 0.1) is 6.92 Å². The number of nitrogens with zero attached hydrogens (tertiary/aromatic N) is 5. The third-order valence-electron chi connectivity index (χ3n) is 6.43. The second-order valence-corrected chi connectivity index (χ2v) is 16.6. The lowest BCUT2D eigenvalue weighted by atomic mass is 10.2. The van der Waals surface area contributed by atoms with E-state index in [0.717, 1.165) is 41.3 Å². The normalized spacial score (nSPS) is 11.3. The number of anilines is 1. The van der Waals surface area contributed by atoms with Gasteiger partial charge >= 0.3 is 0 Å². The predicted molar refractivity (Wildman–Crippen MR) is 168 cm³/mol. The van der Waals surface area contributed by atoms with Gasteiger partial charge in [-0.3, -0.25) is 19.2 Å². The molecular formula is C30H43N7O3Si. The Morgan fingerprint density at radius 1 is 1.20 bits per heavy atom. The van der Waals surface area contributed by atoms with Crippen LogP contribution >= 0.6 is 0 Å². The Labute approximate surface area is 243 Å². The third kappa shape index (κ3) is 8.05. The van der Waals surface area contributed by atoms with Crippen LogP contribution in [0.4, 0.5) is 5.95 Å². The maximum Gasteiger partial charge on any atom is 0.280 e. The molecule has 11 heteroatoms. The highest BCUT2D eigenvalue weighted by Crippen LogP contribution is 2.28. The molecule has 0 unspecified atom stereocenters. The number of aryl methyl sites for hydroxylation is 3. The zero-order valence-corrected chi connectivity index (χ0v) is 26.1. The van der Waals surface area contributed by atoms with Gasteiger partial charge in [0.25, 0.3) is 11.8 Å². The van der Waals surface area contributed by atoms with Crippen LogP contribution < -0.4 is 10.6 Å². The van der Waals surface area contributed by atoms with Crippen LogP contribution in [0.3, 0.4) is 0 Å². The highest BCUT2D eigenvalue weighted by atomic mass is 28.3. The van der Waals surface area contributed by atoms with E-state index in [1.807, 2.05) is 44.2 Å². The quantitative estimate of drug-likeness (QED) is 0.127. The Kier molecular flexibility index (Phi) is 10.8. The average Bonchev–Trinajstić information content (AvgIpc) is 3.67. The number of amides is 2. The van der Waals surface area contributed by atoms with Crippen LogP contribution in [0.5, 0.6) is 0 Å². The molecule has 0 spiro atoms. The molecule has 2 amide bonds. The molecule has 41 heavy (non-hydrogen) atoms. The summed E-state index contributed by atoms with van der Waals surface area (Å²) in [6.45, 7) is 19.1. The molecule has 3 heterocycles. The molecule has 3 aromatic heterocycles. The van der Waals surface area contributed by atoms with Gasteiger partial charge in [-0.15, -0.1) is 0 Å². The lowest BCUT2D eigenvalue weighted by Crippen LogP contribution is -2.37. The van der Waals surface area contributed by atoms with E-state index in [2.05, 4.69) is 47.8 Å². The van der Waals surface area contributed by atoms with Crippen molar-refractivity contribution in [1.82, 2.24) is 24.3 Å². The number of imidazole rings is 1. The van der Waals surface area contributed by atoms with Crippen molar-refractivity contribution in [1.29, 1.82) is 0 Å². The number of carbonyl (C=O) groups excluding carboxylic acids is 2. The van der Waals surface area contributed by atoms with E-state index in [1.165, 1.54) is 0 Å². The first kappa shape index (κ1) is 31.6. The maximum atomic E-state index is 13.8.